The van der Waals surface area contributed by atoms with Gasteiger partial charge in [0, 0.05) is 0 Å². The zero-order valence-electron chi connectivity index (χ0n) is 11.8. The Morgan fingerprint density at radius 2 is 1.67 bits per heavy atom. The Balaban J connectivity index is 4.27. The number of hydrogen-bond acceptors (Lipinski definition) is 3. The predicted octanol–water partition coefficient (Wildman–Crippen LogP) is 2.34. The molecule has 0 bridgehead atoms. The molecule has 1 atom stereocenters. The molecule has 104 valence electrons. The highest BCUT2D eigenvalue weighted by atomic mass is 16.3. The summed E-state index contributed by atoms with van der Waals surface area (Å²) in [4.78, 5) is 0. The molecule has 0 fully saturated rings. The molecule has 0 aliphatic heterocycles. The fourth-order valence-corrected chi connectivity index (χ4v) is 1.39. The van der Waals surface area contributed by atoms with E-state index in [1.807, 2.05) is 13.0 Å². The van der Waals surface area contributed by atoms with Crippen LogP contribution in [0.25, 0.3) is 0 Å². The maximum absolute atomic E-state index is 10.1. The average Bonchev–Trinajstić information content (AvgIpc) is 2.14. The topological polar surface area (TPSA) is 60.7 Å². The number of hydrogen-bond donors (Lipinski definition) is 3. The van der Waals surface area contributed by atoms with Crippen LogP contribution >= 0.6 is 0 Å². The molecule has 3 N–H and O–H groups in total. The molecule has 0 aromatic heterocycles. The average molecular weight is 254 g/mol. The molecule has 0 rings (SSSR count). The van der Waals surface area contributed by atoms with Crippen molar-refractivity contribution in [2.75, 3.05) is 6.61 Å². The smallest absolute Gasteiger partial charge is 0.0834 e. The first-order valence-electron chi connectivity index (χ1n) is 6.23. The first kappa shape index (κ1) is 17.1. The molecular weight excluding hydrogens is 228 g/mol. The van der Waals surface area contributed by atoms with Crippen molar-refractivity contribution in [3.05, 3.63) is 36.0 Å². The van der Waals surface area contributed by atoms with E-state index in [1.165, 1.54) is 0 Å². The van der Waals surface area contributed by atoms with Crippen LogP contribution in [0.2, 0.25) is 0 Å². The Labute approximate surface area is 110 Å². The summed E-state index contributed by atoms with van der Waals surface area (Å²) in [6, 6.07) is 0. The number of aliphatic hydroxyl groups excluding tert-OH is 1. The highest BCUT2D eigenvalue weighted by molar-refractivity contribution is 5.10. The Bertz CT molecular complexity index is 317. The lowest BCUT2D eigenvalue weighted by Crippen LogP contribution is -2.20. The molecule has 1 unspecified atom stereocenters. The summed E-state index contributed by atoms with van der Waals surface area (Å²) in [7, 11) is 0. The summed E-state index contributed by atoms with van der Waals surface area (Å²) >= 11 is 0. The van der Waals surface area contributed by atoms with E-state index < -0.39 is 11.2 Å². The van der Waals surface area contributed by atoms with Crippen LogP contribution in [0.15, 0.2) is 36.0 Å². The number of aliphatic hydroxyl groups is 3. The van der Waals surface area contributed by atoms with Gasteiger partial charge >= 0.3 is 0 Å². The standard InChI is InChI=1S/C15H26O3/c1-13(8-12-16)7-5-10-15(4,18)11-6-9-14(2,3)17/h5-6,8-10,16-18H,7,11-12H2,1-4H3/b9-6+,10-5+,13-8+. The quantitative estimate of drug-likeness (QED) is 0.611. The minimum absolute atomic E-state index is 0.0460. The van der Waals surface area contributed by atoms with Crippen molar-refractivity contribution in [3.8, 4) is 0 Å². The Morgan fingerprint density at radius 3 is 2.17 bits per heavy atom. The van der Waals surface area contributed by atoms with Gasteiger partial charge in [0.25, 0.3) is 0 Å². The van der Waals surface area contributed by atoms with Crippen LogP contribution in [0.1, 0.15) is 40.5 Å². The van der Waals surface area contributed by atoms with Gasteiger partial charge in [0.1, 0.15) is 0 Å². The molecule has 0 heterocycles. The second kappa shape index (κ2) is 7.52. The van der Waals surface area contributed by atoms with Crippen molar-refractivity contribution in [1.82, 2.24) is 0 Å². The third kappa shape index (κ3) is 10.3. The molecule has 0 radical (unpaired) electrons. The molecule has 0 saturated carbocycles. The maximum atomic E-state index is 10.1. The van der Waals surface area contributed by atoms with Crippen LogP contribution in [-0.2, 0) is 0 Å². The fraction of sp³-hybridized carbons (Fsp3) is 0.600. The molecule has 0 saturated heterocycles. The summed E-state index contributed by atoms with van der Waals surface area (Å²) in [5.41, 5.74) is -0.696. The largest absolute Gasteiger partial charge is 0.392 e. The van der Waals surface area contributed by atoms with E-state index in [0.717, 1.165) is 5.57 Å². The first-order valence-corrected chi connectivity index (χ1v) is 6.23. The van der Waals surface area contributed by atoms with Gasteiger partial charge < -0.3 is 15.3 Å². The van der Waals surface area contributed by atoms with Gasteiger partial charge in [-0.15, -0.1) is 0 Å². The normalized spacial score (nSPS) is 17.6. The first-order chi connectivity index (χ1) is 8.16. The Kier molecular flexibility index (Phi) is 7.14. The maximum Gasteiger partial charge on any atom is 0.0834 e. The van der Waals surface area contributed by atoms with Gasteiger partial charge in [0.2, 0.25) is 0 Å². The number of rotatable bonds is 7. The SMILES string of the molecule is C/C(=C\CO)C/C=C/C(C)(O)C/C=C/C(C)(C)O. The second-order valence-corrected chi connectivity index (χ2v) is 5.46. The van der Waals surface area contributed by atoms with Crippen LogP contribution in [-0.4, -0.2) is 33.1 Å². The molecule has 3 heteroatoms. The van der Waals surface area contributed by atoms with Crippen molar-refractivity contribution in [1.29, 1.82) is 0 Å². The third-order valence-electron chi connectivity index (χ3n) is 2.41. The molecular formula is C15H26O3. The van der Waals surface area contributed by atoms with Gasteiger partial charge in [-0.05, 0) is 40.5 Å². The van der Waals surface area contributed by atoms with Crippen molar-refractivity contribution in [2.45, 2.75) is 51.7 Å². The molecule has 18 heavy (non-hydrogen) atoms. The van der Waals surface area contributed by atoms with Crippen LogP contribution in [0, 0.1) is 0 Å². The van der Waals surface area contributed by atoms with Crippen LogP contribution in [0.5, 0.6) is 0 Å². The molecule has 0 amide bonds. The van der Waals surface area contributed by atoms with E-state index in [-0.39, 0.29) is 6.61 Å². The molecule has 0 aliphatic rings. The summed E-state index contributed by atoms with van der Waals surface area (Å²) in [6.07, 6.45) is 10.00. The van der Waals surface area contributed by atoms with Crippen molar-refractivity contribution in [3.63, 3.8) is 0 Å². The molecule has 0 aliphatic carbocycles. The van der Waals surface area contributed by atoms with E-state index in [9.17, 15) is 10.2 Å². The van der Waals surface area contributed by atoms with E-state index in [4.69, 9.17) is 5.11 Å². The van der Waals surface area contributed by atoms with E-state index in [1.54, 1.807) is 45.1 Å². The lowest BCUT2D eigenvalue weighted by molar-refractivity contribution is 0.112. The van der Waals surface area contributed by atoms with Gasteiger partial charge in [0.15, 0.2) is 0 Å². The zero-order valence-corrected chi connectivity index (χ0v) is 11.8. The highest BCUT2D eigenvalue weighted by Gasteiger charge is 2.14. The highest BCUT2D eigenvalue weighted by Crippen LogP contribution is 2.15. The van der Waals surface area contributed by atoms with Gasteiger partial charge in [-0.25, -0.2) is 0 Å². The lowest BCUT2D eigenvalue weighted by atomic mass is 9.99. The van der Waals surface area contributed by atoms with Gasteiger partial charge in [-0.1, -0.05) is 36.0 Å². The minimum Gasteiger partial charge on any atom is -0.392 e. The van der Waals surface area contributed by atoms with Gasteiger partial charge in [-0.3, -0.25) is 0 Å². The minimum atomic E-state index is -0.915. The Morgan fingerprint density at radius 1 is 1.06 bits per heavy atom. The molecule has 3 nitrogen and oxygen atoms in total. The summed E-state index contributed by atoms with van der Waals surface area (Å²) < 4.78 is 0. The van der Waals surface area contributed by atoms with Gasteiger partial charge in [-0.2, -0.15) is 0 Å². The second-order valence-electron chi connectivity index (χ2n) is 5.46. The fourth-order valence-electron chi connectivity index (χ4n) is 1.39. The monoisotopic (exact) mass is 254 g/mol. The van der Waals surface area contributed by atoms with Crippen LogP contribution in [0.3, 0.4) is 0 Å². The van der Waals surface area contributed by atoms with Crippen LogP contribution < -0.4 is 0 Å². The molecule has 0 aromatic rings. The summed E-state index contributed by atoms with van der Waals surface area (Å²) in [5.74, 6) is 0. The van der Waals surface area contributed by atoms with E-state index >= 15 is 0 Å². The van der Waals surface area contributed by atoms with Crippen LogP contribution in [0.4, 0.5) is 0 Å². The summed E-state index contributed by atoms with van der Waals surface area (Å²) in [6.45, 7) is 7.09. The number of allylic oxidation sites excluding steroid dienone is 2. The van der Waals surface area contributed by atoms with Crippen molar-refractivity contribution >= 4 is 0 Å². The Hall–Kier alpha value is -0.900. The van der Waals surface area contributed by atoms with Crippen molar-refractivity contribution < 1.29 is 15.3 Å². The van der Waals surface area contributed by atoms with Gasteiger partial charge in [0.05, 0.1) is 17.8 Å². The molecule has 0 spiro atoms. The zero-order chi connectivity index (χ0) is 14.2. The lowest BCUT2D eigenvalue weighted by Gasteiger charge is -2.18. The summed E-state index contributed by atoms with van der Waals surface area (Å²) in [5, 5.41) is 28.3. The van der Waals surface area contributed by atoms with E-state index in [2.05, 4.69) is 0 Å². The predicted molar refractivity (Wildman–Crippen MR) is 75.3 cm³/mol. The molecule has 0 aromatic carbocycles. The van der Waals surface area contributed by atoms with Crippen molar-refractivity contribution in [2.24, 2.45) is 0 Å². The van der Waals surface area contributed by atoms with E-state index in [0.29, 0.717) is 12.8 Å². The third-order valence-corrected chi connectivity index (χ3v) is 2.41.